The molecule has 0 aliphatic carbocycles. The minimum atomic E-state index is -0.408. The monoisotopic (exact) mass is 426 g/mol. The highest BCUT2D eigenvalue weighted by Gasteiger charge is 2.31. The smallest absolute Gasteiger partial charge is 0.257 e. The number of hydrogen-bond acceptors (Lipinski definition) is 4. The van der Waals surface area contributed by atoms with Crippen LogP contribution in [0.5, 0.6) is 0 Å². The first-order valence-corrected chi connectivity index (χ1v) is 10.3. The molecule has 1 aliphatic rings. The molecule has 1 saturated heterocycles. The number of carbonyl (C=O) groups is 2. The summed E-state index contributed by atoms with van der Waals surface area (Å²) in [5.74, 6) is 0.236. The van der Waals surface area contributed by atoms with Crippen molar-refractivity contribution in [2.75, 3.05) is 13.1 Å². The zero-order valence-corrected chi connectivity index (χ0v) is 17.4. The Morgan fingerprint density at radius 2 is 2.07 bits per heavy atom. The SMILES string of the molecule is Cn1ccnc1[C@@H](NC(=O)[C@H]1CCCN(C(=O)c2ccoc2)C1)c1ccc(Cl)cc1. The zero-order valence-electron chi connectivity index (χ0n) is 16.6. The molecule has 2 amide bonds. The fraction of sp³-hybridized carbons (Fsp3) is 0.318. The molecule has 30 heavy (non-hydrogen) atoms. The highest BCUT2D eigenvalue weighted by atomic mass is 35.5. The molecule has 156 valence electrons. The van der Waals surface area contributed by atoms with Crippen molar-refractivity contribution in [2.45, 2.75) is 18.9 Å². The molecule has 8 heteroatoms. The van der Waals surface area contributed by atoms with Gasteiger partial charge in [-0.1, -0.05) is 23.7 Å². The number of nitrogens with one attached hydrogen (secondary N) is 1. The van der Waals surface area contributed by atoms with Crippen LogP contribution in [0.25, 0.3) is 0 Å². The van der Waals surface area contributed by atoms with E-state index >= 15 is 0 Å². The van der Waals surface area contributed by atoms with Crippen LogP contribution >= 0.6 is 11.6 Å². The van der Waals surface area contributed by atoms with Crippen LogP contribution in [0.1, 0.15) is 40.6 Å². The van der Waals surface area contributed by atoms with Crippen molar-refractivity contribution in [2.24, 2.45) is 13.0 Å². The van der Waals surface area contributed by atoms with E-state index in [4.69, 9.17) is 16.0 Å². The number of rotatable bonds is 5. The largest absolute Gasteiger partial charge is 0.472 e. The van der Waals surface area contributed by atoms with E-state index in [0.717, 1.165) is 24.2 Å². The molecule has 3 heterocycles. The molecule has 0 radical (unpaired) electrons. The van der Waals surface area contributed by atoms with Gasteiger partial charge < -0.3 is 19.2 Å². The Bertz CT molecular complexity index is 1010. The summed E-state index contributed by atoms with van der Waals surface area (Å²) < 4.78 is 6.90. The molecule has 1 aliphatic heterocycles. The normalized spacial score (nSPS) is 17.5. The maximum absolute atomic E-state index is 13.2. The van der Waals surface area contributed by atoms with Gasteiger partial charge in [0, 0.05) is 37.6 Å². The summed E-state index contributed by atoms with van der Waals surface area (Å²) in [7, 11) is 1.89. The molecule has 0 unspecified atom stereocenters. The summed E-state index contributed by atoms with van der Waals surface area (Å²) in [5.41, 5.74) is 1.40. The lowest BCUT2D eigenvalue weighted by molar-refractivity contribution is -0.126. The number of hydrogen-bond donors (Lipinski definition) is 1. The average molecular weight is 427 g/mol. The lowest BCUT2D eigenvalue weighted by Gasteiger charge is -2.32. The minimum Gasteiger partial charge on any atom is -0.472 e. The van der Waals surface area contributed by atoms with Crippen LogP contribution < -0.4 is 5.32 Å². The first kappa shape index (κ1) is 20.2. The third-order valence-corrected chi connectivity index (χ3v) is 5.71. The summed E-state index contributed by atoms with van der Waals surface area (Å²) in [6.45, 7) is 1.01. The van der Waals surface area contributed by atoms with E-state index in [1.54, 1.807) is 29.3 Å². The molecule has 0 bridgehead atoms. The molecule has 1 aromatic carbocycles. The van der Waals surface area contributed by atoms with Gasteiger partial charge in [0.2, 0.25) is 5.91 Å². The number of nitrogens with zero attached hydrogens (tertiary/aromatic N) is 3. The molecule has 3 aromatic rings. The van der Waals surface area contributed by atoms with Gasteiger partial charge in [-0.2, -0.15) is 0 Å². The molecule has 1 N–H and O–H groups in total. The van der Waals surface area contributed by atoms with Crippen LogP contribution in [0.4, 0.5) is 0 Å². The number of furan rings is 1. The van der Waals surface area contributed by atoms with E-state index in [2.05, 4.69) is 10.3 Å². The molecule has 0 saturated carbocycles. The molecule has 7 nitrogen and oxygen atoms in total. The van der Waals surface area contributed by atoms with Gasteiger partial charge in [0.25, 0.3) is 5.91 Å². The van der Waals surface area contributed by atoms with Crippen LogP contribution in [-0.2, 0) is 11.8 Å². The van der Waals surface area contributed by atoms with Crippen molar-refractivity contribution in [3.05, 3.63) is 77.2 Å². The summed E-state index contributed by atoms with van der Waals surface area (Å²) in [6.07, 6.45) is 7.96. The third kappa shape index (κ3) is 4.26. The molecule has 2 aromatic heterocycles. The number of piperidine rings is 1. The van der Waals surface area contributed by atoms with Gasteiger partial charge in [0.05, 0.1) is 17.7 Å². The minimum absolute atomic E-state index is 0.0948. The Labute approximate surface area is 179 Å². The highest BCUT2D eigenvalue weighted by Crippen LogP contribution is 2.25. The number of benzene rings is 1. The summed E-state index contributed by atoms with van der Waals surface area (Å²) >= 11 is 6.04. The number of aromatic nitrogens is 2. The number of aryl methyl sites for hydroxylation is 1. The Kier molecular flexibility index (Phi) is 5.90. The zero-order chi connectivity index (χ0) is 21.1. The fourth-order valence-electron chi connectivity index (χ4n) is 3.81. The Hall–Kier alpha value is -3.06. The van der Waals surface area contributed by atoms with Gasteiger partial charge in [-0.15, -0.1) is 0 Å². The van der Waals surface area contributed by atoms with Gasteiger partial charge in [-0.05, 0) is 36.6 Å². The molecular formula is C22H23ClN4O3. The maximum Gasteiger partial charge on any atom is 0.257 e. The molecule has 1 fully saturated rings. The number of carbonyl (C=O) groups excluding carboxylic acids is 2. The lowest BCUT2D eigenvalue weighted by Crippen LogP contribution is -2.46. The number of halogens is 1. The lowest BCUT2D eigenvalue weighted by atomic mass is 9.95. The number of likely N-dealkylation sites (tertiary alicyclic amines) is 1. The van der Waals surface area contributed by atoms with Crippen LogP contribution in [0.15, 0.2) is 59.7 Å². The number of amides is 2. The predicted octanol–water partition coefficient (Wildman–Crippen LogP) is 3.42. The Morgan fingerprint density at radius 3 is 2.73 bits per heavy atom. The maximum atomic E-state index is 13.2. The van der Waals surface area contributed by atoms with Crippen molar-refractivity contribution in [1.82, 2.24) is 19.8 Å². The predicted molar refractivity (Wildman–Crippen MR) is 112 cm³/mol. The van der Waals surface area contributed by atoms with Gasteiger partial charge in [0.15, 0.2) is 0 Å². The van der Waals surface area contributed by atoms with Gasteiger partial charge in [0.1, 0.15) is 18.1 Å². The summed E-state index contributed by atoms with van der Waals surface area (Å²) in [5, 5.41) is 3.77. The van der Waals surface area contributed by atoms with Gasteiger partial charge >= 0.3 is 0 Å². The Balaban J connectivity index is 1.51. The van der Waals surface area contributed by atoms with Crippen LogP contribution in [0, 0.1) is 5.92 Å². The first-order valence-electron chi connectivity index (χ1n) is 9.87. The van der Waals surface area contributed by atoms with Gasteiger partial charge in [-0.25, -0.2) is 4.98 Å². The van der Waals surface area contributed by atoms with Crippen molar-refractivity contribution < 1.29 is 14.0 Å². The van der Waals surface area contributed by atoms with Gasteiger partial charge in [-0.3, -0.25) is 9.59 Å². The van der Waals surface area contributed by atoms with Crippen molar-refractivity contribution in [3.8, 4) is 0 Å². The van der Waals surface area contributed by atoms with Crippen molar-refractivity contribution in [3.63, 3.8) is 0 Å². The van der Waals surface area contributed by atoms with Crippen LogP contribution in [0.3, 0.4) is 0 Å². The molecule has 4 rings (SSSR count). The molecule has 2 atom stereocenters. The van der Waals surface area contributed by atoms with Crippen molar-refractivity contribution >= 4 is 23.4 Å². The van der Waals surface area contributed by atoms with E-state index in [-0.39, 0.29) is 17.7 Å². The van der Waals surface area contributed by atoms with Crippen molar-refractivity contribution in [1.29, 1.82) is 0 Å². The number of imidazole rings is 1. The molecule has 0 spiro atoms. The molecular weight excluding hydrogens is 404 g/mol. The second-order valence-corrected chi connectivity index (χ2v) is 7.93. The second-order valence-electron chi connectivity index (χ2n) is 7.49. The second kappa shape index (κ2) is 8.75. The summed E-state index contributed by atoms with van der Waals surface area (Å²) in [6, 6.07) is 8.60. The van der Waals surface area contributed by atoms with E-state index in [0.29, 0.717) is 23.7 Å². The fourth-order valence-corrected chi connectivity index (χ4v) is 3.94. The topological polar surface area (TPSA) is 80.4 Å². The first-order chi connectivity index (χ1) is 14.5. The van der Waals surface area contributed by atoms with E-state index in [1.807, 2.05) is 29.9 Å². The average Bonchev–Trinajstić information content (AvgIpc) is 3.44. The standard InChI is InChI=1S/C22H23ClN4O3/c1-26-11-9-24-20(26)19(15-4-6-18(23)7-5-15)25-21(28)16-3-2-10-27(13-16)22(29)17-8-12-30-14-17/h4-9,11-12,14,16,19H,2-3,10,13H2,1H3,(H,25,28)/t16-,19-/m0/s1. The van der Waals surface area contributed by atoms with E-state index < -0.39 is 6.04 Å². The van der Waals surface area contributed by atoms with E-state index in [9.17, 15) is 9.59 Å². The third-order valence-electron chi connectivity index (χ3n) is 5.45. The highest BCUT2D eigenvalue weighted by molar-refractivity contribution is 6.30. The Morgan fingerprint density at radius 1 is 1.27 bits per heavy atom. The quantitative estimate of drug-likeness (QED) is 0.677. The van der Waals surface area contributed by atoms with Crippen LogP contribution in [0.2, 0.25) is 5.02 Å². The van der Waals surface area contributed by atoms with Crippen LogP contribution in [-0.4, -0.2) is 39.4 Å². The van der Waals surface area contributed by atoms with E-state index in [1.165, 1.54) is 12.5 Å². The summed E-state index contributed by atoms with van der Waals surface area (Å²) in [4.78, 5) is 32.0.